The minimum Gasteiger partial charge on any atom is -0.387 e. The van der Waals surface area contributed by atoms with Crippen LogP contribution in [0.25, 0.3) is 11.3 Å². The van der Waals surface area contributed by atoms with Gasteiger partial charge < -0.3 is 10.4 Å². The van der Waals surface area contributed by atoms with Crippen LogP contribution in [0.1, 0.15) is 27.6 Å². The Bertz CT molecular complexity index is 827. The lowest BCUT2D eigenvalue weighted by molar-refractivity contribution is 0.0916. The number of amides is 1. The van der Waals surface area contributed by atoms with Gasteiger partial charge in [0.2, 0.25) is 0 Å². The lowest BCUT2D eigenvalue weighted by atomic mass is 10.0. The molecule has 1 heterocycles. The second-order valence-corrected chi connectivity index (χ2v) is 5.61. The molecule has 1 unspecified atom stereocenters. The zero-order valence-electron chi connectivity index (χ0n) is 13.4. The molecule has 0 fully saturated rings. The number of rotatable bonds is 5. The predicted octanol–water partition coefficient (Wildman–Crippen LogP) is 2.85. The SMILES string of the molecule is Cc1ccccc1C(O)CNC(=O)c1cn[nH]c1-c1ccccc1. The van der Waals surface area contributed by atoms with E-state index in [1.807, 2.05) is 61.5 Å². The van der Waals surface area contributed by atoms with Crippen molar-refractivity contribution in [2.75, 3.05) is 6.54 Å². The molecule has 1 amide bonds. The van der Waals surface area contributed by atoms with Crippen molar-refractivity contribution in [1.29, 1.82) is 0 Å². The standard InChI is InChI=1S/C19H19N3O2/c1-13-7-5-6-10-15(13)17(23)12-20-19(24)16-11-21-22-18(16)14-8-3-2-4-9-14/h2-11,17,23H,12H2,1H3,(H,20,24)(H,21,22). The summed E-state index contributed by atoms with van der Waals surface area (Å²) in [5, 5.41) is 19.9. The number of benzene rings is 2. The number of aromatic nitrogens is 2. The van der Waals surface area contributed by atoms with E-state index in [1.165, 1.54) is 6.20 Å². The highest BCUT2D eigenvalue weighted by Crippen LogP contribution is 2.21. The van der Waals surface area contributed by atoms with Crippen LogP contribution in [-0.2, 0) is 0 Å². The van der Waals surface area contributed by atoms with Gasteiger partial charge in [0.25, 0.3) is 5.91 Å². The van der Waals surface area contributed by atoms with Gasteiger partial charge in [-0.25, -0.2) is 0 Å². The zero-order chi connectivity index (χ0) is 16.9. The molecule has 1 aromatic heterocycles. The topological polar surface area (TPSA) is 78.0 Å². The summed E-state index contributed by atoms with van der Waals surface area (Å²) in [6.07, 6.45) is 0.750. The van der Waals surface area contributed by atoms with Gasteiger partial charge in [0.15, 0.2) is 0 Å². The summed E-state index contributed by atoms with van der Waals surface area (Å²) in [5.74, 6) is -0.268. The van der Waals surface area contributed by atoms with Gasteiger partial charge in [-0.3, -0.25) is 9.89 Å². The molecule has 5 heteroatoms. The minimum atomic E-state index is -0.748. The summed E-state index contributed by atoms with van der Waals surface area (Å²) in [6.45, 7) is 2.08. The van der Waals surface area contributed by atoms with Gasteiger partial charge in [-0.05, 0) is 18.1 Å². The maximum atomic E-state index is 12.4. The molecular formula is C19H19N3O2. The predicted molar refractivity (Wildman–Crippen MR) is 92.5 cm³/mol. The summed E-state index contributed by atoms with van der Waals surface area (Å²) in [6, 6.07) is 17.1. The molecule has 0 bridgehead atoms. The molecule has 24 heavy (non-hydrogen) atoms. The molecule has 5 nitrogen and oxygen atoms in total. The number of carbonyl (C=O) groups excluding carboxylic acids is 1. The molecule has 0 aliphatic heterocycles. The fourth-order valence-corrected chi connectivity index (χ4v) is 2.64. The molecule has 0 saturated heterocycles. The van der Waals surface area contributed by atoms with E-state index in [0.717, 1.165) is 16.7 Å². The van der Waals surface area contributed by atoms with Crippen LogP contribution in [0.5, 0.6) is 0 Å². The number of hydrogen-bond donors (Lipinski definition) is 3. The van der Waals surface area contributed by atoms with Crippen LogP contribution >= 0.6 is 0 Å². The van der Waals surface area contributed by atoms with Crippen molar-refractivity contribution in [3.8, 4) is 11.3 Å². The van der Waals surface area contributed by atoms with Crippen molar-refractivity contribution in [2.24, 2.45) is 0 Å². The van der Waals surface area contributed by atoms with E-state index in [2.05, 4.69) is 15.5 Å². The molecule has 2 aromatic carbocycles. The fourth-order valence-electron chi connectivity index (χ4n) is 2.64. The minimum absolute atomic E-state index is 0.142. The fraction of sp³-hybridized carbons (Fsp3) is 0.158. The first kappa shape index (κ1) is 16.0. The van der Waals surface area contributed by atoms with Crippen LogP contribution < -0.4 is 5.32 Å². The Morgan fingerprint density at radius 3 is 2.62 bits per heavy atom. The van der Waals surface area contributed by atoms with E-state index < -0.39 is 6.10 Å². The average molecular weight is 321 g/mol. The number of H-pyrrole nitrogens is 1. The van der Waals surface area contributed by atoms with Crippen LogP contribution in [0, 0.1) is 6.92 Å². The second kappa shape index (κ2) is 7.10. The maximum Gasteiger partial charge on any atom is 0.255 e. The van der Waals surface area contributed by atoms with Crippen molar-refractivity contribution in [1.82, 2.24) is 15.5 Å². The summed E-state index contributed by atoms with van der Waals surface area (Å²) in [5.41, 5.74) is 3.82. The third-order valence-electron chi connectivity index (χ3n) is 3.95. The van der Waals surface area contributed by atoms with Crippen LogP contribution in [0.4, 0.5) is 0 Å². The number of nitrogens with zero attached hydrogens (tertiary/aromatic N) is 1. The monoisotopic (exact) mass is 321 g/mol. The number of aliphatic hydroxyl groups excluding tert-OH is 1. The van der Waals surface area contributed by atoms with Crippen molar-refractivity contribution in [2.45, 2.75) is 13.0 Å². The number of aromatic amines is 1. The number of aliphatic hydroxyl groups is 1. The van der Waals surface area contributed by atoms with E-state index in [-0.39, 0.29) is 12.5 Å². The average Bonchev–Trinajstić information content (AvgIpc) is 3.10. The number of hydrogen-bond acceptors (Lipinski definition) is 3. The van der Waals surface area contributed by atoms with Crippen molar-refractivity contribution >= 4 is 5.91 Å². The smallest absolute Gasteiger partial charge is 0.255 e. The number of nitrogens with one attached hydrogen (secondary N) is 2. The lowest BCUT2D eigenvalue weighted by Gasteiger charge is -2.14. The normalized spacial score (nSPS) is 11.9. The molecule has 122 valence electrons. The van der Waals surface area contributed by atoms with E-state index in [9.17, 15) is 9.90 Å². The van der Waals surface area contributed by atoms with Gasteiger partial charge in [0, 0.05) is 12.1 Å². The molecule has 3 rings (SSSR count). The van der Waals surface area contributed by atoms with Crippen LogP contribution in [0.3, 0.4) is 0 Å². The third-order valence-corrected chi connectivity index (χ3v) is 3.95. The van der Waals surface area contributed by atoms with Crippen LogP contribution in [0.15, 0.2) is 60.8 Å². The first-order chi connectivity index (χ1) is 11.7. The first-order valence-corrected chi connectivity index (χ1v) is 7.77. The van der Waals surface area contributed by atoms with E-state index in [1.54, 1.807) is 0 Å². The highest BCUT2D eigenvalue weighted by molar-refractivity contribution is 5.99. The third kappa shape index (κ3) is 3.36. The number of carbonyl (C=O) groups is 1. The molecular weight excluding hydrogens is 302 g/mol. The Balaban J connectivity index is 1.71. The van der Waals surface area contributed by atoms with Crippen LogP contribution in [-0.4, -0.2) is 27.8 Å². The molecule has 3 aromatic rings. The molecule has 0 spiro atoms. The van der Waals surface area contributed by atoms with Crippen molar-refractivity contribution in [3.63, 3.8) is 0 Å². The molecule has 0 radical (unpaired) electrons. The van der Waals surface area contributed by atoms with Gasteiger partial charge in [-0.1, -0.05) is 54.6 Å². The summed E-state index contributed by atoms with van der Waals surface area (Å²) < 4.78 is 0. The highest BCUT2D eigenvalue weighted by atomic mass is 16.3. The van der Waals surface area contributed by atoms with Crippen molar-refractivity contribution < 1.29 is 9.90 Å². The van der Waals surface area contributed by atoms with Crippen molar-refractivity contribution in [3.05, 3.63) is 77.5 Å². The largest absolute Gasteiger partial charge is 0.387 e. The Hall–Kier alpha value is -2.92. The van der Waals surface area contributed by atoms with Gasteiger partial charge in [-0.15, -0.1) is 0 Å². The summed E-state index contributed by atoms with van der Waals surface area (Å²) in [7, 11) is 0. The highest BCUT2D eigenvalue weighted by Gasteiger charge is 2.17. The summed E-state index contributed by atoms with van der Waals surface area (Å²) in [4.78, 5) is 12.4. The molecule has 0 aliphatic rings. The maximum absolute atomic E-state index is 12.4. The quantitative estimate of drug-likeness (QED) is 0.676. The van der Waals surface area contributed by atoms with Gasteiger partial charge >= 0.3 is 0 Å². The molecule has 0 aliphatic carbocycles. The zero-order valence-corrected chi connectivity index (χ0v) is 13.4. The Morgan fingerprint density at radius 2 is 1.88 bits per heavy atom. The Morgan fingerprint density at radius 1 is 1.17 bits per heavy atom. The van der Waals surface area contributed by atoms with E-state index >= 15 is 0 Å². The van der Waals surface area contributed by atoms with E-state index in [4.69, 9.17) is 0 Å². The van der Waals surface area contributed by atoms with Gasteiger partial charge in [-0.2, -0.15) is 5.10 Å². The van der Waals surface area contributed by atoms with Crippen LogP contribution in [0.2, 0.25) is 0 Å². The van der Waals surface area contributed by atoms with Gasteiger partial charge in [0.05, 0.1) is 23.6 Å². The Kier molecular flexibility index (Phi) is 4.72. The lowest BCUT2D eigenvalue weighted by Crippen LogP contribution is -2.28. The molecule has 0 saturated carbocycles. The second-order valence-electron chi connectivity index (χ2n) is 5.61. The summed E-state index contributed by atoms with van der Waals surface area (Å²) >= 11 is 0. The Labute approximate surface area is 140 Å². The first-order valence-electron chi connectivity index (χ1n) is 7.77. The molecule has 3 N–H and O–H groups in total. The number of aryl methyl sites for hydroxylation is 1. The van der Waals surface area contributed by atoms with Gasteiger partial charge in [0.1, 0.15) is 0 Å². The molecule has 1 atom stereocenters. The van der Waals surface area contributed by atoms with E-state index in [0.29, 0.717) is 11.3 Å².